The van der Waals surface area contributed by atoms with Gasteiger partial charge in [0.05, 0.1) is 17.8 Å². The van der Waals surface area contributed by atoms with E-state index in [0.29, 0.717) is 30.2 Å². The summed E-state index contributed by atoms with van der Waals surface area (Å²) < 4.78 is 5.36. The van der Waals surface area contributed by atoms with Crippen LogP contribution in [0, 0.1) is 18.8 Å². The maximum Gasteiger partial charge on any atom is 0.298 e. The molecule has 3 aromatic rings. The first kappa shape index (κ1) is 22.6. The van der Waals surface area contributed by atoms with E-state index in [1.165, 1.54) is 11.3 Å². The largest absolute Gasteiger partial charge is 0.495 e. The molecule has 2 aromatic carbocycles. The van der Waals surface area contributed by atoms with Crippen LogP contribution in [0.5, 0.6) is 5.75 Å². The van der Waals surface area contributed by atoms with Gasteiger partial charge < -0.3 is 15.0 Å². The Labute approximate surface area is 197 Å². The Morgan fingerprint density at radius 3 is 2.61 bits per heavy atom. The van der Waals surface area contributed by atoms with Gasteiger partial charge in [-0.2, -0.15) is 0 Å². The number of hydrogen-bond acceptors (Lipinski definition) is 5. The molecule has 1 aromatic heterocycles. The van der Waals surface area contributed by atoms with Crippen molar-refractivity contribution in [1.29, 1.82) is 0 Å². The van der Waals surface area contributed by atoms with E-state index in [9.17, 15) is 9.59 Å². The number of aromatic nitrogens is 1. The van der Waals surface area contributed by atoms with Crippen molar-refractivity contribution < 1.29 is 14.3 Å². The quantitative estimate of drug-likeness (QED) is 0.585. The van der Waals surface area contributed by atoms with Crippen LogP contribution < -0.4 is 10.1 Å². The fourth-order valence-electron chi connectivity index (χ4n) is 3.78. The molecule has 7 heteroatoms. The number of piperidine rings is 1. The van der Waals surface area contributed by atoms with E-state index in [2.05, 4.69) is 22.1 Å². The minimum atomic E-state index is -0.256. The summed E-state index contributed by atoms with van der Waals surface area (Å²) in [5.41, 5.74) is 2.80. The average Bonchev–Trinajstić information content (AvgIpc) is 3.35. The van der Waals surface area contributed by atoms with Gasteiger partial charge >= 0.3 is 0 Å². The van der Waals surface area contributed by atoms with Gasteiger partial charge in [-0.05, 0) is 43.5 Å². The fraction of sp³-hybridized carbons (Fsp3) is 0.269. The highest BCUT2D eigenvalue weighted by Gasteiger charge is 2.26. The molecule has 1 saturated heterocycles. The molecule has 2 heterocycles. The summed E-state index contributed by atoms with van der Waals surface area (Å²) in [5, 5.41) is 5.64. The molecule has 1 N–H and O–H groups in total. The van der Waals surface area contributed by atoms with E-state index in [0.717, 1.165) is 29.0 Å². The van der Waals surface area contributed by atoms with Crippen molar-refractivity contribution in [2.24, 2.45) is 0 Å². The third-order valence-electron chi connectivity index (χ3n) is 5.67. The van der Waals surface area contributed by atoms with Gasteiger partial charge in [-0.15, -0.1) is 11.3 Å². The molecule has 1 aliphatic rings. The Kier molecular flexibility index (Phi) is 7.06. The van der Waals surface area contributed by atoms with Gasteiger partial charge in [-0.3, -0.25) is 9.59 Å². The van der Waals surface area contributed by atoms with Gasteiger partial charge in [0.2, 0.25) is 0 Å². The third-order valence-corrected chi connectivity index (χ3v) is 6.67. The van der Waals surface area contributed by atoms with Gasteiger partial charge in [0.15, 0.2) is 0 Å². The van der Waals surface area contributed by atoms with Crippen LogP contribution in [0.1, 0.15) is 45.4 Å². The van der Waals surface area contributed by atoms with Gasteiger partial charge in [-0.1, -0.05) is 36.3 Å². The number of methoxy groups -OCH3 is 1. The molecule has 0 bridgehead atoms. The molecule has 0 saturated carbocycles. The van der Waals surface area contributed by atoms with Crippen LogP contribution in [0.15, 0.2) is 53.9 Å². The number of para-hydroxylation sites is 1. The number of rotatable bonds is 4. The number of carbonyl (C=O) groups excluding carboxylic acids is 2. The van der Waals surface area contributed by atoms with E-state index in [1.807, 2.05) is 55.5 Å². The summed E-state index contributed by atoms with van der Waals surface area (Å²) in [5.74, 6) is 6.11. The molecular formula is C26H25N3O3S. The Hall–Kier alpha value is -3.63. The number of likely N-dealkylation sites (tertiary alicyclic amines) is 1. The van der Waals surface area contributed by atoms with E-state index < -0.39 is 0 Å². The number of ether oxygens (including phenoxy) is 1. The van der Waals surface area contributed by atoms with Gasteiger partial charge in [0, 0.05) is 35.9 Å². The van der Waals surface area contributed by atoms with Gasteiger partial charge in [0.25, 0.3) is 11.8 Å². The van der Waals surface area contributed by atoms with Crippen LogP contribution in [0.25, 0.3) is 0 Å². The number of benzene rings is 2. The van der Waals surface area contributed by atoms with Crippen LogP contribution in [0.4, 0.5) is 5.69 Å². The highest BCUT2D eigenvalue weighted by Crippen LogP contribution is 2.32. The summed E-state index contributed by atoms with van der Waals surface area (Å²) in [4.78, 5) is 31.6. The first-order valence-electron chi connectivity index (χ1n) is 10.8. The number of hydrogen-bond donors (Lipinski definition) is 1. The Balaban J connectivity index is 1.35. The van der Waals surface area contributed by atoms with E-state index >= 15 is 0 Å². The van der Waals surface area contributed by atoms with Crippen LogP contribution in [-0.2, 0) is 4.79 Å². The molecule has 0 aliphatic carbocycles. The highest BCUT2D eigenvalue weighted by atomic mass is 32.1. The smallest absolute Gasteiger partial charge is 0.298 e. The molecule has 1 fully saturated rings. The highest BCUT2D eigenvalue weighted by molar-refractivity contribution is 7.10. The van der Waals surface area contributed by atoms with Crippen LogP contribution in [-0.4, -0.2) is 41.9 Å². The molecule has 0 radical (unpaired) electrons. The number of carbonyl (C=O) groups is 2. The summed E-state index contributed by atoms with van der Waals surface area (Å²) >= 11 is 1.49. The molecule has 33 heavy (non-hydrogen) atoms. The number of amides is 2. The van der Waals surface area contributed by atoms with Crippen molar-refractivity contribution in [2.75, 3.05) is 25.5 Å². The summed E-state index contributed by atoms with van der Waals surface area (Å²) in [6, 6.07) is 15.1. The van der Waals surface area contributed by atoms with Crippen molar-refractivity contribution in [1.82, 2.24) is 9.88 Å². The van der Waals surface area contributed by atoms with Gasteiger partial charge in [0.1, 0.15) is 11.4 Å². The molecule has 0 atom stereocenters. The summed E-state index contributed by atoms with van der Waals surface area (Å²) in [6.45, 7) is 3.19. The molecule has 0 unspecified atom stereocenters. The number of nitrogens with one attached hydrogen (secondary N) is 1. The number of aryl methyl sites for hydroxylation is 1. The zero-order chi connectivity index (χ0) is 23.2. The van der Waals surface area contributed by atoms with E-state index in [4.69, 9.17) is 4.74 Å². The number of nitrogens with zero attached hydrogens (tertiary/aromatic N) is 2. The average molecular weight is 460 g/mol. The Morgan fingerprint density at radius 2 is 1.88 bits per heavy atom. The normalized spacial score (nSPS) is 13.7. The van der Waals surface area contributed by atoms with E-state index in [-0.39, 0.29) is 17.7 Å². The lowest BCUT2D eigenvalue weighted by atomic mass is 9.97. The zero-order valence-electron chi connectivity index (χ0n) is 18.6. The molecular weight excluding hydrogens is 434 g/mol. The second kappa shape index (κ2) is 10.3. The summed E-state index contributed by atoms with van der Waals surface area (Å²) in [6.07, 6.45) is 1.61. The van der Waals surface area contributed by atoms with Crippen molar-refractivity contribution in [3.8, 4) is 17.6 Å². The minimum Gasteiger partial charge on any atom is -0.495 e. The predicted molar refractivity (Wildman–Crippen MR) is 130 cm³/mol. The first-order chi connectivity index (χ1) is 16.0. The lowest BCUT2D eigenvalue weighted by Gasteiger charge is -2.29. The SMILES string of the molecule is COc1cccc(C)c1NC(=O)c1csc(C2CCN(C(=O)C#Cc3ccccc3)CC2)n1. The van der Waals surface area contributed by atoms with Crippen LogP contribution in [0.2, 0.25) is 0 Å². The molecule has 2 amide bonds. The zero-order valence-corrected chi connectivity index (χ0v) is 19.4. The summed E-state index contributed by atoms with van der Waals surface area (Å²) in [7, 11) is 1.58. The van der Waals surface area contributed by atoms with Crippen LogP contribution >= 0.6 is 11.3 Å². The molecule has 4 rings (SSSR count). The molecule has 0 spiro atoms. The predicted octanol–water partition coefficient (Wildman–Crippen LogP) is 4.47. The molecule has 6 nitrogen and oxygen atoms in total. The lowest BCUT2D eigenvalue weighted by Crippen LogP contribution is -2.37. The van der Waals surface area contributed by atoms with Crippen molar-refractivity contribution >= 4 is 28.8 Å². The third kappa shape index (κ3) is 5.41. The maximum atomic E-state index is 12.8. The fourth-order valence-corrected chi connectivity index (χ4v) is 4.76. The second-order valence-corrected chi connectivity index (χ2v) is 8.75. The monoisotopic (exact) mass is 459 g/mol. The number of anilines is 1. The first-order valence-corrected chi connectivity index (χ1v) is 11.7. The minimum absolute atomic E-state index is 0.149. The molecule has 1 aliphatic heterocycles. The van der Waals surface area contributed by atoms with Crippen molar-refractivity contribution in [3.05, 3.63) is 75.7 Å². The van der Waals surface area contributed by atoms with Crippen LogP contribution in [0.3, 0.4) is 0 Å². The topological polar surface area (TPSA) is 71.5 Å². The maximum absolute atomic E-state index is 12.8. The van der Waals surface area contributed by atoms with Crippen molar-refractivity contribution in [2.45, 2.75) is 25.7 Å². The standard InChI is InChI=1S/C26H25N3O3S/c1-18-7-6-10-22(32-2)24(18)28-25(31)21-17-33-26(27-21)20-13-15-29(16-14-20)23(30)12-11-19-8-4-3-5-9-19/h3-10,17,20H,13-16H2,1-2H3,(H,28,31). The lowest BCUT2D eigenvalue weighted by molar-refractivity contribution is -0.126. The van der Waals surface area contributed by atoms with E-state index in [1.54, 1.807) is 17.4 Å². The Morgan fingerprint density at radius 1 is 1.12 bits per heavy atom. The number of thiazole rings is 1. The van der Waals surface area contributed by atoms with Crippen molar-refractivity contribution in [3.63, 3.8) is 0 Å². The second-order valence-electron chi connectivity index (χ2n) is 7.86. The molecule has 168 valence electrons. The van der Waals surface area contributed by atoms with Gasteiger partial charge in [-0.25, -0.2) is 4.98 Å². The Bertz CT molecular complexity index is 1200.